The van der Waals surface area contributed by atoms with Crippen molar-refractivity contribution in [3.8, 4) is 0 Å². The number of H-pyrrole nitrogens is 1. The van der Waals surface area contributed by atoms with Crippen molar-refractivity contribution in [3.05, 3.63) is 24.3 Å². The van der Waals surface area contributed by atoms with Gasteiger partial charge in [0, 0.05) is 17.8 Å². The molecule has 0 aromatic carbocycles. The second kappa shape index (κ2) is 6.76. The molecule has 2 aromatic rings. The quantitative estimate of drug-likeness (QED) is 0.672. The van der Waals surface area contributed by atoms with Crippen molar-refractivity contribution < 1.29 is 19.1 Å². The van der Waals surface area contributed by atoms with Gasteiger partial charge in [-0.2, -0.15) is 0 Å². The number of nitrogens with zero attached hydrogens (tertiary/aromatic N) is 2. The average Bonchev–Trinajstić information content (AvgIpc) is 2.90. The zero-order chi connectivity index (χ0) is 17.0. The molecule has 0 aliphatic carbocycles. The van der Waals surface area contributed by atoms with Crippen LogP contribution in [-0.2, 0) is 19.1 Å². The Bertz CT molecular complexity index is 703. The van der Waals surface area contributed by atoms with E-state index in [4.69, 9.17) is 9.47 Å². The SMILES string of the molecule is CC(CC(=O)OCOC(=O)C(C)(C)C)c1c[nH]c2ncncc12. The van der Waals surface area contributed by atoms with E-state index in [2.05, 4.69) is 15.0 Å². The summed E-state index contributed by atoms with van der Waals surface area (Å²) in [6.45, 7) is 6.76. The fourth-order valence-electron chi connectivity index (χ4n) is 2.07. The van der Waals surface area contributed by atoms with Crippen molar-refractivity contribution >= 4 is 23.0 Å². The molecule has 124 valence electrons. The fourth-order valence-corrected chi connectivity index (χ4v) is 2.07. The molecule has 0 amide bonds. The van der Waals surface area contributed by atoms with Crippen LogP contribution in [0.3, 0.4) is 0 Å². The highest BCUT2D eigenvalue weighted by molar-refractivity contribution is 5.80. The standard InChI is InChI=1S/C16H21N3O4/c1-10(11-7-18-14-12(11)6-17-8-19-14)5-13(20)22-9-23-15(21)16(2,3)4/h6-8,10H,5,9H2,1-4H3,(H,17,18,19). The molecule has 2 aromatic heterocycles. The molecule has 7 nitrogen and oxygen atoms in total. The van der Waals surface area contributed by atoms with Crippen molar-refractivity contribution in [2.75, 3.05) is 6.79 Å². The Labute approximate surface area is 134 Å². The summed E-state index contributed by atoms with van der Waals surface area (Å²) in [5, 5.41) is 0.881. The van der Waals surface area contributed by atoms with Crippen molar-refractivity contribution in [2.24, 2.45) is 5.41 Å². The van der Waals surface area contributed by atoms with E-state index in [1.807, 2.05) is 13.1 Å². The third-order valence-corrected chi connectivity index (χ3v) is 3.41. The van der Waals surface area contributed by atoms with Crippen LogP contribution in [-0.4, -0.2) is 33.7 Å². The van der Waals surface area contributed by atoms with Gasteiger partial charge >= 0.3 is 11.9 Å². The number of ether oxygens (including phenoxy) is 2. The number of carbonyl (C=O) groups excluding carboxylic acids is 2. The highest BCUT2D eigenvalue weighted by Gasteiger charge is 2.23. The maximum atomic E-state index is 11.9. The predicted molar refractivity (Wildman–Crippen MR) is 83.4 cm³/mol. The summed E-state index contributed by atoms with van der Waals surface area (Å²) in [6, 6.07) is 0. The monoisotopic (exact) mass is 319 g/mol. The fraction of sp³-hybridized carbons (Fsp3) is 0.500. The largest absolute Gasteiger partial charge is 0.428 e. The number of esters is 2. The summed E-state index contributed by atoms with van der Waals surface area (Å²) in [7, 11) is 0. The summed E-state index contributed by atoms with van der Waals surface area (Å²) >= 11 is 0. The number of nitrogens with one attached hydrogen (secondary N) is 1. The minimum atomic E-state index is -0.621. The van der Waals surface area contributed by atoms with E-state index in [1.54, 1.807) is 27.0 Å². The molecular weight excluding hydrogens is 298 g/mol. The van der Waals surface area contributed by atoms with Crippen molar-refractivity contribution in [3.63, 3.8) is 0 Å². The molecule has 1 atom stereocenters. The zero-order valence-corrected chi connectivity index (χ0v) is 13.8. The molecule has 0 bridgehead atoms. The van der Waals surface area contributed by atoms with Crippen LogP contribution in [0.25, 0.3) is 11.0 Å². The number of hydrogen-bond acceptors (Lipinski definition) is 6. The second-order valence-electron chi connectivity index (χ2n) is 6.45. The van der Waals surface area contributed by atoms with Crippen LogP contribution >= 0.6 is 0 Å². The minimum absolute atomic E-state index is 0.0689. The van der Waals surface area contributed by atoms with E-state index in [0.717, 1.165) is 16.6 Å². The number of aromatic nitrogens is 3. The Morgan fingerprint density at radius 1 is 1.30 bits per heavy atom. The predicted octanol–water partition coefficient (Wildman–Crippen LogP) is 2.54. The molecule has 0 fully saturated rings. The van der Waals surface area contributed by atoms with E-state index in [0.29, 0.717) is 0 Å². The summed E-state index contributed by atoms with van der Waals surface area (Å²) < 4.78 is 9.88. The highest BCUT2D eigenvalue weighted by Crippen LogP contribution is 2.26. The molecule has 0 aliphatic rings. The van der Waals surface area contributed by atoms with Gasteiger partial charge in [0.2, 0.25) is 6.79 Å². The van der Waals surface area contributed by atoms with Crippen molar-refractivity contribution in [2.45, 2.75) is 40.0 Å². The van der Waals surface area contributed by atoms with Gasteiger partial charge in [-0.25, -0.2) is 9.97 Å². The Morgan fingerprint density at radius 3 is 2.74 bits per heavy atom. The molecule has 2 heterocycles. The van der Waals surface area contributed by atoms with Crippen LogP contribution in [0, 0.1) is 5.41 Å². The molecule has 0 radical (unpaired) electrons. The van der Waals surface area contributed by atoms with Gasteiger partial charge in [0.25, 0.3) is 0 Å². The molecule has 0 aliphatic heterocycles. The molecule has 2 rings (SSSR count). The van der Waals surface area contributed by atoms with Crippen LogP contribution in [0.4, 0.5) is 0 Å². The third-order valence-electron chi connectivity index (χ3n) is 3.41. The van der Waals surface area contributed by atoms with Gasteiger partial charge < -0.3 is 14.5 Å². The maximum Gasteiger partial charge on any atom is 0.314 e. The first-order valence-corrected chi connectivity index (χ1v) is 7.39. The minimum Gasteiger partial charge on any atom is -0.428 e. The zero-order valence-electron chi connectivity index (χ0n) is 13.8. The van der Waals surface area contributed by atoms with Crippen LogP contribution in [0.5, 0.6) is 0 Å². The van der Waals surface area contributed by atoms with Crippen LogP contribution in [0.15, 0.2) is 18.7 Å². The van der Waals surface area contributed by atoms with Gasteiger partial charge in [0.05, 0.1) is 11.8 Å². The Hall–Kier alpha value is -2.44. The van der Waals surface area contributed by atoms with E-state index in [1.165, 1.54) is 6.33 Å². The Kier molecular flexibility index (Phi) is 4.98. The first kappa shape index (κ1) is 16.9. The van der Waals surface area contributed by atoms with E-state index in [-0.39, 0.29) is 19.1 Å². The summed E-state index contributed by atoms with van der Waals surface area (Å²) in [5.41, 5.74) is 1.06. The van der Waals surface area contributed by atoms with E-state index < -0.39 is 17.4 Å². The summed E-state index contributed by atoms with van der Waals surface area (Å²) in [6.07, 6.45) is 5.16. The lowest BCUT2D eigenvalue weighted by atomic mass is 9.98. The van der Waals surface area contributed by atoms with Gasteiger partial charge in [-0.1, -0.05) is 6.92 Å². The number of aromatic amines is 1. The van der Waals surface area contributed by atoms with Crippen LogP contribution in [0.2, 0.25) is 0 Å². The molecule has 1 unspecified atom stereocenters. The smallest absolute Gasteiger partial charge is 0.314 e. The lowest BCUT2D eigenvalue weighted by Gasteiger charge is -2.16. The third kappa shape index (κ3) is 4.28. The number of fused-ring (bicyclic) bond motifs is 1. The molecule has 7 heteroatoms. The summed E-state index contributed by atoms with van der Waals surface area (Å²) in [4.78, 5) is 34.6. The van der Waals surface area contributed by atoms with Crippen LogP contribution < -0.4 is 0 Å². The second-order valence-corrected chi connectivity index (χ2v) is 6.45. The van der Waals surface area contributed by atoms with E-state index in [9.17, 15) is 9.59 Å². The molecule has 0 saturated heterocycles. The lowest BCUT2D eigenvalue weighted by molar-refractivity contribution is -0.173. The van der Waals surface area contributed by atoms with Gasteiger partial charge in [0.15, 0.2) is 0 Å². The van der Waals surface area contributed by atoms with Gasteiger partial charge in [0.1, 0.15) is 12.0 Å². The topological polar surface area (TPSA) is 94.2 Å². The molecular formula is C16H21N3O4. The van der Waals surface area contributed by atoms with Crippen LogP contribution in [0.1, 0.15) is 45.6 Å². The number of rotatable bonds is 5. The first-order chi connectivity index (χ1) is 10.8. The Balaban J connectivity index is 1.87. The average molecular weight is 319 g/mol. The van der Waals surface area contributed by atoms with E-state index >= 15 is 0 Å². The van der Waals surface area contributed by atoms with Gasteiger partial charge in [-0.15, -0.1) is 0 Å². The highest BCUT2D eigenvalue weighted by atomic mass is 16.7. The number of hydrogen-bond donors (Lipinski definition) is 1. The molecule has 0 spiro atoms. The number of carbonyl (C=O) groups is 2. The Morgan fingerprint density at radius 2 is 2.04 bits per heavy atom. The first-order valence-electron chi connectivity index (χ1n) is 7.39. The normalized spacial score (nSPS) is 12.9. The van der Waals surface area contributed by atoms with Crippen molar-refractivity contribution in [1.82, 2.24) is 15.0 Å². The maximum absolute atomic E-state index is 11.9. The lowest BCUT2D eigenvalue weighted by Crippen LogP contribution is -2.24. The molecule has 23 heavy (non-hydrogen) atoms. The van der Waals surface area contributed by atoms with Crippen molar-refractivity contribution in [1.29, 1.82) is 0 Å². The van der Waals surface area contributed by atoms with Gasteiger partial charge in [-0.3, -0.25) is 9.59 Å². The summed E-state index contributed by atoms with van der Waals surface area (Å²) in [5.74, 6) is -0.905. The molecule has 1 N–H and O–H groups in total. The van der Waals surface area contributed by atoms with Gasteiger partial charge in [-0.05, 0) is 32.3 Å². The molecule has 0 saturated carbocycles.